The van der Waals surface area contributed by atoms with E-state index in [-0.39, 0.29) is 5.91 Å². The van der Waals surface area contributed by atoms with E-state index in [1.807, 2.05) is 0 Å². The third-order valence-electron chi connectivity index (χ3n) is 2.35. The molecule has 2 N–H and O–H groups in total. The number of likely N-dealkylation sites (N-methyl/N-ethyl adjacent to an activating group) is 1. The topological polar surface area (TPSA) is 67.4 Å². The maximum Gasteiger partial charge on any atom is 0.408 e. The number of hydrogen-bond acceptors (Lipinski definition) is 3. The minimum Gasteiger partial charge on any atom is -0.444 e. The fourth-order valence-electron chi connectivity index (χ4n) is 1.56. The molecule has 0 heterocycles. The molecule has 1 rings (SSSR count). The van der Waals surface area contributed by atoms with Crippen molar-refractivity contribution in [3.63, 3.8) is 0 Å². The zero-order valence-electron chi connectivity index (χ0n) is 12.0. The second kappa shape index (κ2) is 6.61. The molecule has 110 valence electrons. The molecule has 0 radical (unpaired) electrons. The Morgan fingerprint density at radius 2 is 1.95 bits per heavy atom. The second-order valence-corrected chi connectivity index (χ2v) is 5.68. The van der Waals surface area contributed by atoms with E-state index < -0.39 is 17.7 Å². The number of halogens is 1. The van der Waals surface area contributed by atoms with Crippen LogP contribution in [0.3, 0.4) is 0 Å². The van der Waals surface area contributed by atoms with Crippen molar-refractivity contribution in [1.82, 2.24) is 10.6 Å². The van der Waals surface area contributed by atoms with Gasteiger partial charge in [0.25, 0.3) is 0 Å². The second-order valence-electron chi connectivity index (χ2n) is 5.25. The summed E-state index contributed by atoms with van der Waals surface area (Å²) in [5.41, 5.74) is -0.0474. The quantitative estimate of drug-likeness (QED) is 0.901. The Morgan fingerprint density at radius 3 is 2.45 bits per heavy atom. The molecule has 0 aliphatic heterocycles. The number of carbonyl (C=O) groups excluding carboxylic acids is 2. The van der Waals surface area contributed by atoms with Crippen LogP contribution in [0.1, 0.15) is 32.4 Å². The van der Waals surface area contributed by atoms with Crippen molar-refractivity contribution in [1.29, 1.82) is 0 Å². The van der Waals surface area contributed by atoms with Crippen molar-refractivity contribution in [3.8, 4) is 0 Å². The van der Waals surface area contributed by atoms with Crippen LogP contribution in [0, 0.1) is 0 Å². The summed E-state index contributed by atoms with van der Waals surface area (Å²) in [5.74, 6) is -0.349. The molecule has 0 aromatic heterocycles. The molecule has 1 aromatic carbocycles. The molecule has 1 aromatic rings. The average molecular weight is 299 g/mol. The molecular weight excluding hydrogens is 280 g/mol. The molecular formula is C14H19ClN2O3. The molecule has 6 heteroatoms. The van der Waals surface area contributed by atoms with E-state index in [0.717, 1.165) is 0 Å². The van der Waals surface area contributed by atoms with Crippen molar-refractivity contribution < 1.29 is 14.3 Å². The van der Waals surface area contributed by atoms with Crippen LogP contribution in [0.15, 0.2) is 24.3 Å². The first-order valence-corrected chi connectivity index (χ1v) is 6.57. The SMILES string of the molecule is CNC(=O)[C@@H](NC(=O)OC(C)(C)C)c1cccc(Cl)c1. The molecule has 5 nitrogen and oxygen atoms in total. The van der Waals surface area contributed by atoms with Crippen LogP contribution < -0.4 is 10.6 Å². The van der Waals surface area contributed by atoms with Crippen molar-refractivity contribution in [3.05, 3.63) is 34.9 Å². The summed E-state index contributed by atoms with van der Waals surface area (Å²) >= 11 is 5.90. The fraction of sp³-hybridized carbons (Fsp3) is 0.429. The molecule has 0 bridgehead atoms. The number of ether oxygens (including phenoxy) is 1. The summed E-state index contributed by atoms with van der Waals surface area (Å²) in [6.45, 7) is 5.25. The van der Waals surface area contributed by atoms with Gasteiger partial charge in [0.1, 0.15) is 11.6 Å². The van der Waals surface area contributed by atoms with Crippen molar-refractivity contribution >= 4 is 23.6 Å². The Morgan fingerprint density at radius 1 is 1.30 bits per heavy atom. The smallest absolute Gasteiger partial charge is 0.408 e. The molecule has 1 atom stereocenters. The number of carbonyl (C=O) groups is 2. The Bertz CT molecular complexity index is 497. The number of amides is 2. The van der Waals surface area contributed by atoms with Crippen LogP contribution in [0.5, 0.6) is 0 Å². The van der Waals surface area contributed by atoms with E-state index in [1.165, 1.54) is 7.05 Å². The normalized spacial score (nSPS) is 12.4. The molecule has 0 aliphatic carbocycles. The number of rotatable bonds is 3. The van der Waals surface area contributed by atoms with Gasteiger partial charge in [-0.1, -0.05) is 23.7 Å². The van der Waals surface area contributed by atoms with E-state index in [1.54, 1.807) is 45.0 Å². The largest absolute Gasteiger partial charge is 0.444 e. The number of hydrogen-bond donors (Lipinski definition) is 2. The van der Waals surface area contributed by atoms with Gasteiger partial charge in [-0.25, -0.2) is 4.79 Å². The Hall–Kier alpha value is -1.75. The van der Waals surface area contributed by atoms with E-state index in [9.17, 15) is 9.59 Å². The minimum absolute atomic E-state index is 0.349. The van der Waals surface area contributed by atoms with Crippen molar-refractivity contribution in [2.24, 2.45) is 0 Å². The van der Waals surface area contributed by atoms with Gasteiger partial charge >= 0.3 is 6.09 Å². The summed E-state index contributed by atoms with van der Waals surface area (Å²) in [4.78, 5) is 23.7. The third-order valence-corrected chi connectivity index (χ3v) is 2.59. The van der Waals surface area contributed by atoms with Gasteiger partial charge in [0.2, 0.25) is 5.91 Å². The van der Waals surface area contributed by atoms with Crippen molar-refractivity contribution in [2.75, 3.05) is 7.05 Å². The van der Waals surface area contributed by atoms with Gasteiger partial charge in [0.05, 0.1) is 0 Å². The molecule has 0 unspecified atom stereocenters. The highest BCUT2D eigenvalue weighted by Gasteiger charge is 2.25. The fourth-order valence-corrected chi connectivity index (χ4v) is 1.75. The van der Waals surface area contributed by atoms with E-state index >= 15 is 0 Å². The predicted molar refractivity (Wildman–Crippen MR) is 77.6 cm³/mol. The molecule has 20 heavy (non-hydrogen) atoms. The van der Waals surface area contributed by atoms with Crippen LogP contribution in [0.25, 0.3) is 0 Å². The third kappa shape index (κ3) is 5.09. The first kappa shape index (κ1) is 16.3. The monoisotopic (exact) mass is 298 g/mol. The highest BCUT2D eigenvalue weighted by molar-refractivity contribution is 6.30. The first-order valence-electron chi connectivity index (χ1n) is 6.19. The highest BCUT2D eigenvalue weighted by atomic mass is 35.5. The van der Waals surface area contributed by atoms with Crippen LogP contribution in [0.2, 0.25) is 5.02 Å². The summed E-state index contributed by atoms with van der Waals surface area (Å²) in [7, 11) is 1.50. The summed E-state index contributed by atoms with van der Waals surface area (Å²) in [5, 5.41) is 5.52. The zero-order chi connectivity index (χ0) is 15.3. The highest BCUT2D eigenvalue weighted by Crippen LogP contribution is 2.19. The molecule has 0 aliphatic rings. The van der Waals surface area contributed by atoms with E-state index in [0.29, 0.717) is 10.6 Å². The van der Waals surface area contributed by atoms with E-state index in [2.05, 4.69) is 10.6 Å². The number of alkyl carbamates (subject to hydrolysis) is 1. The van der Waals surface area contributed by atoms with E-state index in [4.69, 9.17) is 16.3 Å². The predicted octanol–water partition coefficient (Wildman–Crippen LogP) is 2.65. The van der Waals surface area contributed by atoms with Crippen LogP contribution in [-0.2, 0) is 9.53 Å². The first-order chi connectivity index (χ1) is 9.23. The standard InChI is InChI=1S/C14H19ClN2O3/c1-14(2,3)20-13(19)17-11(12(18)16-4)9-6-5-7-10(15)8-9/h5-8,11H,1-4H3,(H,16,18)(H,17,19)/t11-/m0/s1. The minimum atomic E-state index is -0.853. The van der Waals surface area contributed by atoms with Crippen molar-refractivity contribution in [2.45, 2.75) is 32.4 Å². The molecule has 0 fully saturated rings. The summed E-state index contributed by atoms with van der Waals surface area (Å²) in [6.07, 6.45) is -0.661. The molecule has 0 spiro atoms. The lowest BCUT2D eigenvalue weighted by molar-refractivity contribution is -0.122. The summed E-state index contributed by atoms with van der Waals surface area (Å²) < 4.78 is 5.15. The molecule has 0 saturated heterocycles. The Balaban J connectivity index is 2.91. The van der Waals surface area contributed by atoms with Gasteiger partial charge in [-0.3, -0.25) is 4.79 Å². The Labute approximate surface area is 123 Å². The van der Waals surface area contributed by atoms with Gasteiger partial charge in [0.15, 0.2) is 0 Å². The van der Waals surface area contributed by atoms with Crippen LogP contribution in [0.4, 0.5) is 4.79 Å². The lowest BCUT2D eigenvalue weighted by atomic mass is 10.1. The molecule has 0 saturated carbocycles. The number of nitrogens with one attached hydrogen (secondary N) is 2. The van der Waals surface area contributed by atoms with Crippen LogP contribution >= 0.6 is 11.6 Å². The van der Waals surface area contributed by atoms with Gasteiger partial charge in [-0.15, -0.1) is 0 Å². The zero-order valence-corrected chi connectivity index (χ0v) is 12.7. The lowest BCUT2D eigenvalue weighted by Crippen LogP contribution is -2.41. The summed E-state index contributed by atoms with van der Waals surface area (Å²) in [6, 6.07) is 5.89. The Kier molecular flexibility index (Phi) is 5.39. The van der Waals surface area contributed by atoms with Gasteiger partial charge < -0.3 is 15.4 Å². The number of benzene rings is 1. The van der Waals surface area contributed by atoms with Gasteiger partial charge in [-0.2, -0.15) is 0 Å². The van der Waals surface area contributed by atoms with Crippen LogP contribution in [-0.4, -0.2) is 24.6 Å². The average Bonchev–Trinajstić information content (AvgIpc) is 2.33. The molecule has 2 amide bonds. The van der Waals surface area contributed by atoms with Gasteiger partial charge in [0, 0.05) is 12.1 Å². The lowest BCUT2D eigenvalue weighted by Gasteiger charge is -2.23. The van der Waals surface area contributed by atoms with Gasteiger partial charge in [-0.05, 0) is 38.5 Å². The maximum absolute atomic E-state index is 11.9. The maximum atomic E-state index is 11.9.